The Balaban J connectivity index is 0.000000501. The average molecular weight is 473 g/mol. The molecule has 1 heterocycles. The largest absolute Gasteiger partial charge is 0.473 e. The maximum atomic E-state index is 13.0. The van der Waals surface area contributed by atoms with Crippen molar-refractivity contribution in [1.82, 2.24) is 9.21 Å². The second-order valence-electron chi connectivity index (χ2n) is 6.27. The summed E-state index contributed by atoms with van der Waals surface area (Å²) in [5.41, 5.74) is 0.513. The SMILES string of the molecule is O=C(O)C(=O)O.O=C(c1ccc(Cl)cc1)N1CCN(S(=O)(=O)c2ccc(F)cc2)CC1. The number of carbonyl (C=O) groups is 3. The van der Waals surface area contributed by atoms with Gasteiger partial charge in [0.15, 0.2) is 0 Å². The van der Waals surface area contributed by atoms with E-state index >= 15 is 0 Å². The van der Waals surface area contributed by atoms with E-state index in [1.807, 2.05) is 0 Å². The topological polar surface area (TPSA) is 132 Å². The molecule has 0 unspecified atom stereocenters. The minimum atomic E-state index is -3.69. The van der Waals surface area contributed by atoms with E-state index in [2.05, 4.69) is 0 Å². The summed E-state index contributed by atoms with van der Waals surface area (Å²) >= 11 is 5.82. The molecule has 2 aromatic rings. The molecule has 166 valence electrons. The molecule has 0 aliphatic carbocycles. The van der Waals surface area contributed by atoms with Crippen LogP contribution < -0.4 is 0 Å². The van der Waals surface area contributed by atoms with E-state index in [1.165, 1.54) is 16.4 Å². The van der Waals surface area contributed by atoms with Gasteiger partial charge in [-0.3, -0.25) is 4.79 Å². The van der Waals surface area contributed by atoms with Gasteiger partial charge < -0.3 is 15.1 Å². The van der Waals surface area contributed by atoms with Crippen molar-refractivity contribution in [2.75, 3.05) is 26.2 Å². The lowest BCUT2D eigenvalue weighted by atomic mass is 10.2. The first kappa shape index (κ1) is 24.3. The van der Waals surface area contributed by atoms with E-state index in [1.54, 1.807) is 29.2 Å². The summed E-state index contributed by atoms with van der Waals surface area (Å²) in [6.07, 6.45) is 0. The number of sulfonamides is 1. The molecule has 0 spiro atoms. The number of amides is 1. The van der Waals surface area contributed by atoms with Gasteiger partial charge in [-0.05, 0) is 48.5 Å². The lowest BCUT2D eigenvalue weighted by Crippen LogP contribution is -2.50. The standard InChI is InChI=1S/C17H16ClFN2O3S.C2H2O4/c18-14-3-1-13(2-4-14)17(22)20-9-11-21(12-10-20)25(23,24)16-7-5-15(19)6-8-16;3-1(4)2(5)6/h1-8H,9-12H2;(H,3,4)(H,5,6). The van der Waals surface area contributed by atoms with E-state index in [0.717, 1.165) is 12.1 Å². The molecule has 3 rings (SSSR count). The molecule has 1 saturated heterocycles. The fraction of sp³-hybridized carbons (Fsp3) is 0.211. The number of piperazine rings is 1. The van der Waals surface area contributed by atoms with Gasteiger partial charge in [0.05, 0.1) is 4.90 Å². The van der Waals surface area contributed by atoms with Crippen molar-refractivity contribution in [2.24, 2.45) is 0 Å². The minimum absolute atomic E-state index is 0.0476. The van der Waals surface area contributed by atoms with E-state index in [4.69, 9.17) is 31.4 Å². The fourth-order valence-corrected chi connectivity index (χ4v) is 4.21. The molecule has 2 N–H and O–H groups in total. The molecule has 1 aliphatic heterocycles. The maximum Gasteiger partial charge on any atom is 0.414 e. The zero-order valence-corrected chi connectivity index (χ0v) is 17.5. The number of benzene rings is 2. The highest BCUT2D eigenvalue weighted by atomic mass is 35.5. The quantitative estimate of drug-likeness (QED) is 0.650. The Morgan fingerprint density at radius 2 is 1.32 bits per heavy atom. The van der Waals surface area contributed by atoms with E-state index < -0.39 is 27.8 Å². The molecule has 31 heavy (non-hydrogen) atoms. The van der Waals surface area contributed by atoms with Gasteiger partial charge >= 0.3 is 11.9 Å². The molecule has 9 nitrogen and oxygen atoms in total. The van der Waals surface area contributed by atoms with Crippen LogP contribution in [-0.4, -0.2) is 71.9 Å². The third-order valence-electron chi connectivity index (χ3n) is 4.25. The van der Waals surface area contributed by atoms with Gasteiger partial charge in [0.2, 0.25) is 10.0 Å². The van der Waals surface area contributed by atoms with Crippen molar-refractivity contribution < 1.29 is 37.4 Å². The van der Waals surface area contributed by atoms with Gasteiger partial charge in [0, 0.05) is 36.8 Å². The summed E-state index contributed by atoms with van der Waals surface area (Å²) in [6, 6.07) is 11.3. The van der Waals surface area contributed by atoms with E-state index in [-0.39, 0.29) is 23.9 Å². The fourth-order valence-electron chi connectivity index (χ4n) is 2.66. The van der Waals surface area contributed by atoms with Gasteiger partial charge in [-0.2, -0.15) is 4.31 Å². The highest BCUT2D eigenvalue weighted by molar-refractivity contribution is 7.89. The lowest BCUT2D eigenvalue weighted by molar-refractivity contribution is -0.159. The lowest BCUT2D eigenvalue weighted by Gasteiger charge is -2.34. The summed E-state index contributed by atoms with van der Waals surface area (Å²) in [5, 5.41) is 15.3. The molecule has 0 saturated carbocycles. The maximum absolute atomic E-state index is 13.0. The molecule has 0 radical (unpaired) electrons. The molecule has 2 aromatic carbocycles. The molecule has 1 amide bonds. The Bertz CT molecular complexity index is 1040. The van der Waals surface area contributed by atoms with Crippen LogP contribution in [-0.2, 0) is 19.6 Å². The first-order chi connectivity index (χ1) is 14.5. The molecule has 1 aliphatic rings. The number of carboxylic acids is 2. The molecular formula is C19H18ClFN2O7S. The monoisotopic (exact) mass is 472 g/mol. The molecule has 0 atom stereocenters. The van der Waals surface area contributed by atoms with E-state index in [9.17, 15) is 17.6 Å². The number of carbonyl (C=O) groups excluding carboxylic acids is 1. The molecular weight excluding hydrogens is 455 g/mol. The minimum Gasteiger partial charge on any atom is -0.473 e. The highest BCUT2D eigenvalue weighted by Crippen LogP contribution is 2.19. The Labute approximate surface area is 182 Å². The number of aliphatic carboxylic acids is 2. The first-order valence-corrected chi connectivity index (χ1v) is 10.6. The molecule has 1 fully saturated rings. The Hall–Kier alpha value is -3.02. The zero-order chi connectivity index (χ0) is 23.2. The number of hydrogen-bond acceptors (Lipinski definition) is 5. The van der Waals surface area contributed by atoms with Gasteiger partial charge in [0.25, 0.3) is 5.91 Å². The van der Waals surface area contributed by atoms with E-state index in [0.29, 0.717) is 23.7 Å². The van der Waals surface area contributed by atoms with Crippen LogP contribution in [0, 0.1) is 5.82 Å². The smallest absolute Gasteiger partial charge is 0.414 e. The Morgan fingerprint density at radius 1 is 0.839 bits per heavy atom. The highest BCUT2D eigenvalue weighted by Gasteiger charge is 2.30. The van der Waals surface area contributed by atoms with Crippen molar-refractivity contribution >= 4 is 39.5 Å². The average Bonchev–Trinajstić information content (AvgIpc) is 2.74. The van der Waals surface area contributed by atoms with Gasteiger partial charge in [-0.1, -0.05) is 11.6 Å². The second-order valence-corrected chi connectivity index (χ2v) is 8.64. The molecule has 0 aromatic heterocycles. The number of carboxylic acid groups (broad SMARTS) is 2. The van der Waals surface area contributed by atoms with Crippen molar-refractivity contribution in [2.45, 2.75) is 4.90 Å². The Morgan fingerprint density at radius 3 is 1.77 bits per heavy atom. The van der Waals surface area contributed by atoms with Crippen molar-refractivity contribution in [3.8, 4) is 0 Å². The van der Waals surface area contributed by atoms with Crippen LogP contribution in [0.25, 0.3) is 0 Å². The summed E-state index contributed by atoms with van der Waals surface area (Å²) in [5.74, 6) is -4.29. The van der Waals surface area contributed by atoms with Crippen molar-refractivity contribution in [3.63, 3.8) is 0 Å². The van der Waals surface area contributed by atoms with Crippen LogP contribution in [0.5, 0.6) is 0 Å². The Kier molecular flexibility index (Phi) is 8.08. The summed E-state index contributed by atoms with van der Waals surface area (Å²) in [4.78, 5) is 32.3. The zero-order valence-electron chi connectivity index (χ0n) is 15.9. The molecule has 0 bridgehead atoms. The number of hydrogen-bond donors (Lipinski definition) is 2. The van der Waals surface area contributed by atoms with Crippen LogP contribution in [0.1, 0.15) is 10.4 Å². The first-order valence-electron chi connectivity index (χ1n) is 8.79. The summed E-state index contributed by atoms with van der Waals surface area (Å²) in [6.45, 7) is 0.974. The third kappa shape index (κ3) is 6.48. The summed E-state index contributed by atoms with van der Waals surface area (Å²) < 4.78 is 39.4. The van der Waals surface area contributed by atoms with Gasteiger partial charge in [-0.15, -0.1) is 0 Å². The van der Waals surface area contributed by atoms with Crippen LogP contribution in [0.4, 0.5) is 4.39 Å². The van der Waals surface area contributed by atoms with Crippen LogP contribution in [0.15, 0.2) is 53.4 Å². The predicted molar refractivity (Wildman–Crippen MR) is 108 cm³/mol. The normalized spacial score (nSPS) is 14.3. The number of nitrogens with zero attached hydrogens (tertiary/aromatic N) is 2. The van der Waals surface area contributed by atoms with Crippen LogP contribution >= 0.6 is 11.6 Å². The van der Waals surface area contributed by atoms with Crippen molar-refractivity contribution in [1.29, 1.82) is 0 Å². The number of halogens is 2. The van der Waals surface area contributed by atoms with Crippen LogP contribution in [0.3, 0.4) is 0 Å². The van der Waals surface area contributed by atoms with Gasteiger partial charge in [0.1, 0.15) is 5.82 Å². The second kappa shape index (κ2) is 10.3. The number of rotatable bonds is 3. The molecule has 12 heteroatoms. The van der Waals surface area contributed by atoms with Gasteiger partial charge in [-0.25, -0.2) is 22.4 Å². The van der Waals surface area contributed by atoms with Crippen molar-refractivity contribution in [3.05, 3.63) is 64.9 Å². The van der Waals surface area contributed by atoms with Crippen LogP contribution in [0.2, 0.25) is 5.02 Å². The third-order valence-corrected chi connectivity index (χ3v) is 6.42. The summed E-state index contributed by atoms with van der Waals surface area (Å²) in [7, 11) is -3.69. The predicted octanol–water partition coefficient (Wildman–Crippen LogP) is 1.78.